The van der Waals surface area contributed by atoms with Crippen LogP contribution in [0.5, 0.6) is 0 Å². The Balaban J connectivity index is 1.61. The van der Waals surface area contributed by atoms with E-state index in [1.807, 2.05) is 6.07 Å². The molecule has 30 heavy (non-hydrogen) atoms. The Bertz CT molecular complexity index is 1160. The van der Waals surface area contributed by atoms with Gasteiger partial charge in [-0.25, -0.2) is 23.1 Å². The maximum Gasteiger partial charge on any atom is 0.250 e. The van der Waals surface area contributed by atoms with Gasteiger partial charge in [0.1, 0.15) is 10.0 Å². The molecule has 0 bridgehead atoms. The fourth-order valence-electron chi connectivity index (χ4n) is 2.93. The number of aromatic amines is 1. The predicted molar refractivity (Wildman–Crippen MR) is 115 cm³/mol. The maximum absolute atomic E-state index is 12.6. The number of nitrogens with one attached hydrogen (secondary N) is 3. The normalized spacial score (nSPS) is 14.8. The van der Waals surface area contributed by atoms with Crippen LogP contribution in [0.2, 0.25) is 0 Å². The lowest BCUT2D eigenvalue weighted by atomic mass is 10.1. The van der Waals surface area contributed by atoms with Crippen molar-refractivity contribution < 1.29 is 13.5 Å². The van der Waals surface area contributed by atoms with Crippen LogP contribution in [-0.4, -0.2) is 39.2 Å². The number of aliphatic hydroxyl groups is 1. The summed E-state index contributed by atoms with van der Waals surface area (Å²) in [5.74, 6) is 2.00. The highest BCUT2D eigenvalue weighted by Gasteiger charge is 2.26. The number of hydrogen-bond donors (Lipinski definition) is 4. The van der Waals surface area contributed by atoms with Crippen molar-refractivity contribution in [3.8, 4) is 10.7 Å². The van der Waals surface area contributed by atoms with E-state index in [1.165, 1.54) is 18.9 Å². The summed E-state index contributed by atoms with van der Waals surface area (Å²) in [4.78, 5) is 9.42. The summed E-state index contributed by atoms with van der Waals surface area (Å²) in [5, 5.41) is 20.0. The molecule has 11 heteroatoms. The minimum atomic E-state index is -3.65. The standard InChI is InChI=1S/C19H24N6O3S2/c1-19(2,3)25-30(27,28)17-7-6-14(29-17)18-20-12(10-26)8-15(22-18)21-16-9-13(23-24-16)11-4-5-11/h6-9,11,25-26H,4-5,10H2,1-3H3,(H2,20,21,22,23,24). The highest BCUT2D eigenvalue weighted by molar-refractivity contribution is 7.91. The summed E-state index contributed by atoms with van der Waals surface area (Å²) in [7, 11) is -3.65. The van der Waals surface area contributed by atoms with Gasteiger partial charge in [0.05, 0.1) is 17.2 Å². The number of hydrogen-bond acceptors (Lipinski definition) is 8. The molecule has 3 aromatic rings. The SMILES string of the molecule is CC(C)(C)NS(=O)(=O)c1ccc(-c2nc(CO)cc(Nc3cc(C4CC4)[nH]n3)n2)s1. The fraction of sp³-hybridized carbons (Fsp3) is 0.421. The lowest BCUT2D eigenvalue weighted by Gasteiger charge is -2.19. The molecule has 0 unspecified atom stereocenters. The van der Waals surface area contributed by atoms with Crippen LogP contribution in [0.15, 0.2) is 28.5 Å². The van der Waals surface area contributed by atoms with E-state index in [9.17, 15) is 13.5 Å². The summed E-state index contributed by atoms with van der Waals surface area (Å²) >= 11 is 1.08. The first-order chi connectivity index (χ1) is 14.1. The molecule has 3 heterocycles. The molecule has 1 aliphatic rings. The number of sulfonamides is 1. The van der Waals surface area contributed by atoms with Crippen molar-refractivity contribution >= 4 is 33.0 Å². The smallest absolute Gasteiger partial charge is 0.250 e. The Kier molecular flexibility index (Phi) is 5.39. The summed E-state index contributed by atoms with van der Waals surface area (Å²) in [6, 6.07) is 6.79. The van der Waals surface area contributed by atoms with E-state index in [4.69, 9.17) is 0 Å². The number of nitrogens with zero attached hydrogens (tertiary/aromatic N) is 3. The zero-order valence-electron chi connectivity index (χ0n) is 16.9. The minimum absolute atomic E-state index is 0.182. The molecule has 0 radical (unpaired) electrons. The molecule has 0 atom stereocenters. The number of thiophene rings is 1. The van der Waals surface area contributed by atoms with Gasteiger partial charge < -0.3 is 10.4 Å². The summed E-state index contributed by atoms with van der Waals surface area (Å²) < 4.78 is 28.0. The van der Waals surface area contributed by atoms with E-state index in [0.717, 1.165) is 17.0 Å². The molecular weight excluding hydrogens is 424 g/mol. The third kappa shape index (κ3) is 4.86. The number of H-pyrrole nitrogens is 1. The van der Waals surface area contributed by atoms with Gasteiger partial charge in [-0.15, -0.1) is 11.3 Å². The van der Waals surface area contributed by atoms with Crippen LogP contribution in [0.4, 0.5) is 11.6 Å². The molecule has 3 aromatic heterocycles. The largest absolute Gasteiger partial charge is 0.390 e. The third-order valence-corrected chi connectivity index (χ3v) is 7.65. The Morgan fingerprint density at radius 1 is 1.20 bits per heavy atom. The van der Waals surface area contributed by atoms with E-state index in [-0.39, 0.29) is 10.8 Å². The van der Waals surface area contributed by atoms with Crippen molar-refractivity contribution in [2.45, 2.75) is 55.9 Å². The van der Waals surface area contributed by atoms with Gasteiger partial charge >= 0.3 is 0 Å². The van der Waals surface area contributed by atoms with Crippen molar-refractivity contribution in [2.24, 2.45) is 0 Å². The Hall–Kier alpha value is -2.34. The average molecular weight is 449 g/mol. The quantitative estimate of drug-likeness (QED) is 0.436. The first kappa shape index (κ1) is 20.9. The number of rotatable bonds is 7. The topological polar surface area (TPSA) is 133 Å². The van der Waals surface area contributed by atoms with Gasteiger partial charge in [-0.1, -0.05) is 0 Å². The molecule has 0 aliphatic heterocycles. The molecule has 0 aromatic carbocycles. The zero-order valence-corrected chi connectivity index (χ0v) is 18.6. The molecule has 4 N–H and O–H groups in total. The van der Waals surface area contributed by atoms with Crippen LogP contribution in [0.25, 0.3) is 10.7 Å². The third-order valence-electron chi connectivity index (χ3n) is 4.32. The molecule has 0 saturated heterocycles. The van der Waals surface area contributed by atoms with Gasteiger partial charge in [0.15, 0.2) is 11.6 Å². The predicted octanol–water partition coefficient (Wildman–Crippen LogP) is 3.12. The minimum Gasteiger partial charge on any atom is -0.390 e. The van der Waals surface area contributed by atoms with Gasteiger partial charge in [0.2, 0.25) is 0 Å². The van der Waals surface area contributed by atoms with Crippen molar-refractivity contribution in [3.63, 3.8) is 0 Å². The molecule has 1 fully saturated rings. The van der Waals surface area contributed by atoms with Crippen molar-refractivity contribution in [1.82, 2.24) is 24.9 Å². The summed E-state index contributed by atoms with van der Waals surface area (Å²) in [5.41, 5.74) is 0.927. The molecule has 160 valence electrons. The summed E-state index contributed by atoms with van der Waals surface area (Å²) in [6.45, 7) is 5.10. The average Bonchev–Trinajstić information content (AvgIpc) is 3.18. The van der Waals surface area contributed by atoms with Crippen LogP contribution < -0.4 is 10.0 Å². The van der Waals surface area contributed by atoms with Gasteiger partial charge in [-0.05, 0) is 45.7 Å². The lowest BCUT2D eigenvalue weighted by Crippen LogP contribution is -2.40. The first-order valence-corrected chi connectivity index (χ1v) is 11.9. The number of anilines is 2. The maximum atomic E-state index is 12.6. The Labute approximate surface area is 179 Å². The van der Waals surface area contributed by atoms with Crippen molar-refractivity contribution in [3.05, 3.63) is 35.7 Å². The second-order valence-electron chi connectivity index (χ2n) is 8.31. The van der Waals surface area contributed by atoms with Gasteiger partial charge in [-0.2, -0.15) is 5.10 Å². The van der Waals surface area contributed by atoms with Crippen molar-refractivity contribution in [2.75, 3.05) is 5.32 Å². The summed E-state index contributed by atoms with van der Waals surface area (Å²) in [6.07, 6.45) is 2.34. The fourth-order valence-corrected chi connectivity index (χ4v) is 5.58. The van der Waals surface area contributed by atoms with E-state index >= 15 is 0 Å². The van der Waals surface area contributed by atoms with Crippen LogP contribution in [0.3, 0.4) is 0 Å². The molecule has 0 amide bonds. The molecule has 1 saturated carbocycles. The molecular formula is C19H24N6O3S2. The van der Waals surface area contributed by atoms with E-state index in [1.54, 1.807) is 32.9 Å². The molecule has 4 rings (SSSR count). The van der Waals surface area contributed by atoms with Gasteiger partial charge in [0.25, 0.3) is 10.0 Å². The van der Waals surface area contributed by atoms with Crippen LogP contribution in [-0.2, 0) is 16.6 Å². The van der Waals surface area contributed by atoms with E-state index in [0.29, 0.717) is 33.9 Å². The second kappa shape index (κ2) is 7.73. The molecule has 9 nitrogen and oxygen atoms in total. The number of aliphatic hydroxyl groups excluding tert-OH is 1. The zero-order chi connectivity index (χ0) is 21.5. The van der Waals surface area contributed by atoms with Crippen LogP contribution >= 0.6 is 11.3 Å². The van der Waals surface area contributed by atoms with Crippen LogP contribution in [0.1, 0.15) is 50.9 Å². The van der Waals surface area contributed by atoms with E-state index < -0.39 is 15.6 Å². The second-order valence-corrected chi connectivity index (χ2v) is 11.3. The van der Waals surface area contributed by atoms with E-state index in [2.05, 4.69) is 30.2 Å². The molecule has 0 spiro atoms. The highest BCUT2D eigenvalue weighted by atomic mass is 32.2. The highest BCUT2D eigenvalue weighted by Crippen LogP contribution is 2.39. The van der Waals surface area contributed by atoms with Gasteiger partial charge in [-0.3, -0.25) is 5.10 Å². The molecule has 1 aliphatic carbocycles. The number of aromatic nitrogens is 4. The monoisotopic (exact) mass is 448 g/mol. The lowest BCUT2D eigenvalue weighted by molar-refractivity contribution is 0.277. The Morgan fingerprint density at radius 2 is 1.97 bits per heavy atom. The first-order valence-electron chi connectivity index (χ1n) is 9.58. The van der Waals surface area contributed by atoms with Gasteiger partial charge in [0, 0.05) is 29.3 Å². The Morgan fingerprint density at radius 3 is 2.63 bits per heavy atom. The van der Waals surface area contributed by atoms with Crippen LogP contribution in [0, 0.1) is 0 Å². The van der Waals surface area contributed by atoms with Crippen molar-refractivity contribution in [1.29, 1.82) is 0 Å².